The number of rotatable bonds is 35. The first kappa shape index (κ1) is 120. The van der Waals surface area contributed by atoms with Crippen LogP contribution in [0.3, 0.4) is 0 Å². The summed E-state index contributed by atoms with van der Waals surface area (Å²) in [6.45, 7) is 23.6. The molecule has 49 nitrogen and oxygen atoms in total. The molecule has 13 fully saturated rings. The Bertz CT molecular complexity index is 4590. The summed E-state index contributed by atoms with van der Waals surface area (Å²) in [6.07, 6.45) is -66.7. The van der Waals surface area contributed by atoms with Gasteiger partial charge >= 0.3 is 17.9 Å². The van der Waals surface area contributed by atoms with Crippen LogP contribution in [0.2, 0.25) is 0 Å². The second kappa shape index (κ2) is 47.5. The van der Waals surface area contributed by atoms with E-state index in [1.54, 1.807) is 27.7 Å². The Kier molecular flexibility index (Phi) is 38.2. The molecule has 26 N–H and O–H groups in total. The van der Waals surface area contributed by atoms with Crippen LogP contribution in [0, 0.1) is 50.2 Å². The van der Waals surface area contributed by atoms with Gasteiger partial charge in [0.2, 0.25) is 6.29 Å². The molecule has 4 saturated carbocycles. The minimum absolute atomic E-state index is 0.0573. The third-order valence-corrected chi connectivity index (χ3v) is 35.0. The van der Waals surface area contributed by atoms with Crippen LogP contribution in [-0.4, -0.2) is 485 Å². The maximum atomic E-state index is 16.9. The van der Waals surface area contributed by atoms with Gasteiger partial charge in [0.25, 0.3) is 0 Å². The first-order valence-corrected chi connectivity index (χ1v) is 51.3. The number of hydrogen-bond acceptors (Lipinski definition) is 49. The fraction of sp³-hybridized carbons (Fsp3) is 0.870. The van der Waals surface area contributed by atoms with Crippen molar-refractivity contribution in [1.82, 2.24) is 0 Å². The Morgan fingerprint density at radius 3 is 1.48 bits per heavy atom. The number of aliphatic hydroxyl groups excluding tert-OH is 26. The van der Waals surface area contributed by atoms with Crippen LogP contribution in [0.1, 0.15) is 160 Å². The molecule has 9 heterocycles. The lowest BCUT2D eigenvalue weighted by molar-refractivity contribution is -0.390. The normalized spacial score (nSPS) is 48.9. The van der Waals surface area contributed by atoms with Crippen molar-refractivity contribution in [3.8, 4) is 0 Å². The van der Waals surface area contributed by atoms with Gasteiger partial charge in [0.15, 0.2) is 62.5 Å². The second-order valence-corrected chi connectivity index (χ2v) is 45.3. The van der Waals surface area contributed by atoms with E-state index in [-0.39, 0.29) is 68.1 Å². The van der Waals surface area contributed by atoms with Crippen LogP contribution in [0.15, 0.2) is 60.3 Å². The molecule has 4 unspecified atom stereocenters. The lowest BCUT2D eigenvalue weighted by Gasteiger charge is -2.72. The van der Waals surface area contributed by atoms with E-state index in [0.717, 1.165) is 0 Å². The lowest BCUT2D eigenvalue weighted by Crippen LogP contribution is -2.70. The summed E-state index contributed by atoms with van der Waals surface area (Å²) in [7, 11) is 0. The van der Waals surface area contributed by atoms with Gasteiger partial charge in [-0.2, -0.15) is 0 Å². The minimum Gasteiger partial charge on any atom is -0.458 e. The summed E-state index contributed by atoms with van der Waals surface area (Å²) in [4.78, 5) is 45.6. The van der Waals surface area contributed by atoms with Gasteiger partial charge < -0.3 is 228 Å². The van der Waals surface area contributed by atoms with E-state index in [2.05, 4.69) is 33.1 Å². The highest BCUT2D eigenvalue weighted by Gasteiger charge is 2.74. The maximum absolute atomic E-state index is 16.9. The Balaban J connectivity index is 0.716. The maximum Gasteiger partial charge on any atom is 0.336 e. The molecule has 0 amide bonds. The zero-order valence-corrected chi connectivity index (χ0v) is 85.6. The first-order valence-electron chi connectivity index (χ1n) is 51.3. The van der Waals surface area contributed by atoms with Crippen LogP contribution >= 0.6 is 0 Å². The number of esters is 3. The van der Waals surface area contributed by atoms with Gasteiger partial charge in [-0.1, -0.05) is 84.4 Å². The van der Waals surface area contributed by atoms with Crippen molar-refractivity contribution < 1.29 is 242 Å². The van der Waals surface area contributed by atoms with Crippen molar-refractivity contribution in [2.75, 3.05) is 52.9 Å². The molecule has 0 radical (unpaired) electrons. The summed E-state index contributed by atoms with van der Waals surface area (Å²) in [5.74, 6) is -4.70. The van der Waals surface area contributed by atoms with Crippen LogP contribution in [-0.2, 0) is 109 Å². The number of aliphatic hydroxyl groups is 26. The van der Waals surface area contributed by atoms with E-state index in [4.69, 9.17) is 94.7 Å². The molecule has 0 aromatic carbocycles. The molecule has 5 aliphatic carbocycles. The van der Waals surface area contributed by atoms with Gasteiger partial charge in [0.1, 0.15) is 182 Å². The number of allylic oxidation sites excluding steroid dienone is 4. The summed E-state index contributed by atoms with van der Waals surface area (Å²) < 4.78 is 121. The number of carbonyl (C=O) groups is 3. The molecule has 9 aliphatic heterocycles. The van der Waals surface area contributed by atoms with Crippen molar-refractivity contribution in [3.63, 3.8) is 0 Å². The molecule has 0 bridgehead atoms. The third-order valence-electron chi connectivity index (χ3n) is 35.0. The minimum atomic E-state index is -2.30. The Morgan fingerprint density at radius 2 is 0.886 bits per heavy atom. The molecule has 0 aromatic heterocycles. The largest absolute Gasteiger partial charge is 0.458 e. The predicted octanol–water partition coefficient (Wildman–Crippen LogP) is -6.96. The van der Waals surface area contributed by atoms with Crippen LogP contribution in [0.5, 0.6) is 0 Å². The molecule has 14 rings (SSSR count). The Morgan fingerprint density at radius 1 is 0.430 bits per heavy atom. The molecule has 14 aliphatic rings. The SMILES string of the molecule is C=C[C@](C)(CC/C=C(\CO)C(=O)OC1C[C@@]2(C(=O)O[C@@H]3O[C@H](CO)[C@@H](O)[C@H](O)[C@H]3O[C@@H]3O[C@@H](C)[C@H](O[C@@H]4O[C@@H](CO)[C@H](O)[C@H]4O)[C@@H](O[C@@H]4O[C@H](CO)[C@@H](O)[C@H](O)[C@H]4O)[C@H]3O)C(CC1(C)C)C1=CCC3[C@@]4(C)CC[C@@H](O[C@@H]5O[C@H](CO[C@@H]6OC[C@H](O)[C@H](O)[C@H]6O[C@@H]6OC[C@@H](O)[C@H](O)[C@H]6O)[C@@H](O)[C@H](O)[C@H]5O)C(C)(C)C4CC[C@@]3(C)[C@]1(C)C[C@H]2O)O[C@@H]1O[C@H](C)[C@@H](OC(=O)/C(C)=C/CC[C@@](C)(C=C)O[C@@H]2OC[C@@H](O)[C@H](O)[C@H]2O)[C@H](O)[C@H]1O. The smallest absolute Gasteiger partial charge is 0.336 e. The highest BCUT2D eigenvalue weighted by molar-refractivity contribution is 5.89. The number of carbonyl (C=O) groups excluding carboxylic acids is 3. The second-order valence-electron chi connectivity index (χ2n) is 45.3. The van der Waals surface area contributed by atoms with Crippen molar-refractivity contribution in [3.05, 3.63) is 60.3 Å². The monoisotopic (exact) mass is 2140 g/mol. The van der Waals surface area contributed by atoms with Crippen molar-refractivity contribution in [1.29, 1.82) is 0 Å². The third kappa shape index (κ3) is 23.3. The Hall–Kier alpha value is -4.61. The zero-order valence-electron chi connectivity index (χ0n) is 85.6. The molecule has 0 aromatic rings. The molecule has 53 atom stereocenters. The van der Waals surface area contributed by atoms with E-state index in [1.807, 2.05) is 20.8 Å². The number of ether oxygens (including phenoxy) is 20. The average Bonchev–Trinajstić information content (AvgIpc) is 0.756. The standard InChI is InChI=1S/C100H158O49/c1-15-95(10,148-84-70(121)59(110)47(106)37-131-84)25-17-19-40(3)81(127)142-76-41(4)135-89(74(125)68(76)119)149-96(11,16-2)26-18-20-43(32-101)82(128)140-57-31-100(92(129)147-91-80(67(118)62(113)50(34-103)138-91)146-88-75(126)78(144-87-73(124)65(116)61(112)49(33-102)136-87)77(42(5)134-88)143-86-71(122)63(114)51(35-104)137-86)45(29-93(57,6)7)44-21-22-54-97(12)27-24-56(94(8,9)53(97)23-28-98(54,13)99(44,14)30-55(100)108)141-85-72(123)66(117)64(115)52(139-85)39-133-90-79(60(111)48(107)38-132-90)145-83-69(120)58(109)46(105)36-130-83/h15-16,19-21,41-42,45-80,83-91,101-126H,1-2,17-18,22-39H2,3-14H3/b40-19+,43-20+/t41-,42+,45?,46-,47-,48+,49-,50-,51+,52-,53?,54?,55-,56-,57?,58+,59+,60+,61-,62-,63+,64-,65+,66+,67+,68-,69-,70-,71-,72-,73-,74-,75-,76-,77+,78+,79-,80-,83+,84+,85+,86+,87+,88+,89+,90+,91+,95-,96-,97+,98-,99-,100-/m1/s1. The molecule has 9 saturated heterocycles. The van der Waals surface area contributed by atoms with Crippen molar-refractivity contribution in [2.24, 2.45) is 50.2 Å². The lowest BCUT2D eigenvalue weighted by atomic mass is 9.33. The van der Waals surface area contributed by atoms with Crippen LogP contribution in [0.25, 0.3) is 0 Å². The van der Waals surface area contributed by atoms with Crippen LogP contribution < -0.4 is 0 Å². The van der Waals surface area contributed by atoms with E-state index in [1.165, 1.54) is 45.1 Å². The van der Waals surface area contributed by atoms with Gasteiger partial charge in [-0.15, -0.1) is 13.2 Å². The van der Waals surface area contributed by atoms with E-state index in [9.17, 15) is 138 Å². The summed E-state index contributed by atoms with van der Waals surface area (Å²) in [6, 6.07) is 0. The number of fused-ring (bicyclic) bond motifs is 7. The Labute approximate surface area is 861 Å². The highest BCUT2D eigenvalue weighted by atomic mass is 16.8. The summed E-state index contributed by atoms with van der Waals surface area (Å²) >= 11 is 0. The molecular formula is C100H158O49. The van der Waals surface area contributed by atoms with Crippen molar-refractivity contribution in [2.45, 2.75) is 442 Å². The van der Waals surface area contributed by atoms with E-state index in [0.29, 0.717) is 37.7 Å². The zero-order chi connectivity index (χ0) is 109. The molecular weight excluding hydrogens is 1990 g/mol. The van der Waals surface area contributed by atoms with Gasteiger partial charge in [-0.05, 0) is 145 Å². The van der Waals surface area contributed by atoms with E-state index < -0.39 is 390 Å². The van der Waals surface area contributed by atoms with Crippen LogP contribution in [0.4, 0.5) is 0 Å². The van der Waals surface area contributed by atoms with Gasteiger partial charge in [0, 0.05) is 17.4 Å². The van der Waals surface area contributed by atoms with Gasteiger partial charge in [-0.25, -0.2) is 9.59 Å². The molecule has 852 valence electrons. The topological polar surface area (TPSA) is 762 Å². The van der Waals surface area contributed by atoms with Gasteiger partial charge in [-0.3, -0.25) is 4.79 Å². The fourth-order valence-corrected chi connectivity index (χ4v) is 25.2. The molecule has 49 heteroatoms. The molecule has 0 spiro atoms. The molecule has 149 heavy (non-hydrogen) atoms. The fourth-order valence-electron chi connectivity index (χ4n) is 25.2. The number of hydrogen-bond donors (Lipinski definition) is 26. The quantitative estimate of drug-likeness (QED) is 0.00922. The van der Waals surface area contributed by atoms with E-state index >= 15 is 9.59 Å². The first-order chi connectivity index (χ1) is 69.9. The predicted molar refractivity (Wildman–Crippen MR) is 499 cm³/mol. The summed E-state index contributed by atoms with van der Waals surface area (Å²) in [5, 5.41) is 290. The van der Waals surface area contributed by atoms with Gasteiger partial charge in [0.05, 0.1) is 94.0 Å². The highest BCUT2D eigenvalue weighted by Crippen LogP contribution is 2.76. The average molecular weight is 2140 g/mol. The van der Waals surface area contributed by atoms with Crippen molar-refractivity contribution >= 4 is 17.9 Å². The summed E-state index contributed by atoms with van der Waals surface area (Å²) in [5.41, 5.74) is -8.71.